The van der Waals surface area contributed by atoms with Gasteiger partial charge in [-0.2, -0.15) is 11.8 Å². The van der Waals surface area contributed by atoms with E-state index in [-0.39, 0.29) is 106 Å². The van der Waals surface area contributed by atoms with Crippen LogP contribution < -0.4 is 141 Å². The first-order valence-electron chi connectivity index (χ1n) is 47.0. The number of primary amides is 3. The highest BCUT2D eigenvalue weighted by Crippen LogP contribution is 2.17. The second-order valence-electron chi connectivity index (χ2n) is 36.4. The molecule has 0 saturated carbocycles. The van der Waals surface area contributed by atoms with E-state index < -0.39 is 303 Å². The van der Waals surface area contributed by atoms with Gasteiger partial charge in [0.25, 0.3) is 0 Å². The van der Waals surface area contributed by atoms with Gasteiger partial charge in [0.15, 0.2) is 11.9 Å². The van der Waals surface area contributed by atoms with Crippen LogP contribution >= 0.6 is 11.8 Å². The molecule has 0 bridgehead atoms. The Balaban J connectivity index is 3.36. The van der Waals surface area contributed by atoms with Gasteiger partial charge in [0.1, 0.15) is 96.7 Å². The van der Waals surface area contributed by atoms with Gasteiger partial charge in [-0.25, -0.2) is 9.78 Å². The number of aliphatic hydroxyl groups excluding tert-OH is 2. The third-order valence-electron chi connectivity index (χ3n) is 21.6. The lowest BCUT2D eigenvalue weighted by Gasteiger charge is -2.29. The lowest BCUT2D eigenvalue weighted by Crippen LogP contribution is -2.61. The number of carbonyl (C=O) groups excluding carboxylic acids is 21. The Hall–Kier alpha value is -13.7. The van der Waals surface area contributed by atoms with Crippen molar-refractivity contribution in [2.24, 2.45) is 64.0 Å². The molecule has 38 N–H and O–H groups in total. The summed E-state index contributed by atoms with van der Waals surface area (Å²) in [5.74, 6) is -24.6. The van der Waals surface area contributed by atoms with Crippen LogP contribution in [0.2, 0.25) is 0 Å². The highest BCUT2D eigenvalue weighted by Gasteiger charge is 2.40. The molecule has 55 nitrogen and oxygen atoms in total. The van der Waals surface area contributed by atoms with Crippen molar-refractivity contribution in [1.29, 1.82) is 10.8 Å². The van der Waals surface area contributed by atoms with E-state index in [0.29, 0.717) is 18.6 Å². The summed E-state index contributed by atoms with van der Waals surface area (Å²) >= 11 is 1.33. The van der Waals surface area contributed by atoms with E-state index >= 15 is 0 Å². The highest BCUT2D eigenvalue weighted by atomic mass is 32.2. The molecule has 0 fully saturated rings. The van der Waals surface area contributed by atoms with E-state index in [4.69, 9.17) is 45.2 Å². The average molecular weight is 2050 g/mol. The summed E-state index contributed by atoms with van der Waals surface area (Å²) in [5, 5.41) is 94.2. The molecule has 1 aromatic heterocycles. The second kappa shape index (κ2) is 66.2. The molecular weight excluding hydrogens is 1900 g/mol. The predicted octanol–water partition coefficient (Wildman–Crippen LogP) is -10.3. The largest absolute Gasteiger partial charge is 0.480 e. The number of carbonyl (C=O) groups is 22. The molecule has 0 aliphatic rings. The van der Waals surface area contributed by atoms with Crippen molar-refractivity contribution in [3.05, 3.63) is 18.2 Å². The first-order chi connectivity index (χ1) is 66.8. The lowest BCUT2D eigenvalue weighted by molar-refractivity contribution is -0.143. The van der Waals surface area contributed by atoms with Crippen molar-refractivity contribution in [2.45, 2.75) is 308 Å². The number of carboxylic acid groups (broad SMARTS) is 1. The molecule has 19 atom stereocenters. The van der Waals surface area contributed by atoms with Crippen molar-refractivity contribution in [3.63, 3.8) is 0 Å². The third kappa shape index (κ3) is 51.5. The van der Waals surface area contributed by atoms with Crippen molar-refractivity contribution in [3.8, 4) is 0 Å². The van der Waals surface area contributed by atoms with Crippen LogP contribution in [0.3, 0.4) is 0 Å². The van der Waals surface area contributed by atoms with Crippen LogP contribution in [0.15, 0.2) is 12.5 Å². The molecule has 0 unspecified atom stereocenters. The zero-order valence-corrected chi connectivity index (χ0v) is 84.4. The molecule has 1 rings (SSSR count). The first kappa shape index (κ1) is 127. The number of imidazole rings is 1. The fourth-order valence-corrected chi connectivity index (χ4v) is 14.1. The molecule has 0 saturated heterocycles. The van der Waals surface area contributed by atoms with E-state index in [0.717, 1.165) is 6.92 Å². The number of nitrogens with two attached hydrogens (primary N) is 6. The summed E-state index contributed by atoms with van der Waals surface area (Å²) in [7, 11) is 0. The van der Waals surface area contributed by atoms with Crippen LogP contribution in [0.25, 0.3) is 0 Å². The number of amides is 21. The number of H-pyrrole nitrogens is 1. The molecule has 0 aliphatic heterocycles. The average Bonchev–Trinajstić information content (AvgIpc) is 1.85. The summed E-state index contributed by atoms with van der Waals surface area (Å²) in [4.78, 5) is 305. The Bertz CT molecular complexity index is 4470. The highest BCUT2D eigenvalue weighted by molar-refractivity contribution is 7.98. The normalized spacial score (nSPS) is 15.1. The van der Waals surface area contributed by atoms with Gasteiger partial charge in [-0.1, -0.05) is 75.7 Å². The van der Waals surface area contributed by atoms with Crippen LogP contribution in [-0.2, 0) is 112 Å². The number of carboxylic acids is 1. The number of hydrogen-bond acceptors (Lipinski definition) is 29. The topological polar surface area (TPSA) is 909 Å². The summed E-state index contributed by atoms with van der Waals surface area (Å²) < 4.78 is 0. The Labute approximate surface area is 833 Å². The summed E-state index contributed by atoms with van der Waals surface area (Å²) in [5.41, 5.74) is 33.6. The van der Waals surface area contributed by atoms with Gasteiger partial charge < -0.3 is 161 Å². The second-order valence-corrected chi connectivity index (χ2v) is 37.4. The van der Waals surface area contributed by atoms with Crippen molar-refractivity contribution in [1.82, 2.24) is 116 Å². The molecule has 0 radical (unpaired) electrons. The van der Waals surface area contributed by atoms with Crippen LogP contribution in [0.1, 0.15) is 199 Å². The van der Waals surface area contributed by atoms with Crippen molar-refractivity contribution >= 4 is 154 Å². The SMILES string of the molecule is CC[C@H](C)[C@H](NC(=O)CNC(=O)[C@H](C)NC(=O)[C@H](C)NC(=O)[C@H](Cc1cnc[nH]1)NC(=O)[C@H](CC(N)=O)NC(=O)CNC(=O)[C@H](CO)NC(=O)[C@H](C)NC(=O)[C@H](CCC(N)=O)NC(=O)[C@H](CC(C)C)NC(=O)[C@H](CC(C)C)NC(=O)[C@H](CCCNC(=N)N)NC(=O)[C@H](CCC(N)=O)NC(=O)[C@H](CC(C)C)NC(=O)[C@@H](N)CCCNC(=N)N)C(=O)N[C@@H](CC(C)C)C(=O)N[C@H](C(=O)N[C@@H](CCSC)C(=O)O)[C@@H](C)O. The molecule has 56 heteroatoms. The number of nitrogens with one attached hydrogen (secondary N) is 23. The molecule has 0 aromatic carbocycles. The number of aromatic nitrogens is 2. The first-order valence-corrected chi connectivity index (χ1v) is 48.4. The zero-order valence-electron chi connectivity index (χ0n) is 83.6. The lowest BCUT2D eigenvalue weighted by atomic mass is 9.96. The summed E-state index contributed by atoms with van der Waals surface area (Å²) in [6.45, 7) is 19.1. The van der Waals surface area contributed by atoms with Gasteiger partial charge in [-0.3, -0.25) is 112 Å². The maximum atomic E-state index is 14.6. The Morgan fingerprint density at radius 2 is 0.741 bits per heavy atom. The van der Waals surface area contributed by atoms with Gasteiger partial charge in [0.05, 0.1) is 44.6 Å². The van der Waals surface area contributed by atoms with Crippen LogP contribution in [0, 0.1) is 40.4 Å². The van der Waals surface area contributed by atoms with E-state index in [9.17, 15) is 121 Å². The maximum Gasteiger partial charge on any atom is 0.326 e. The zero-order chi connectivity index (χ0) is 109. The van der Waals surface area contributed by atoms with Gasteiger partial charge in [0.2, 0.25) is 124 Å². The number of thioether (sulfide) groups is 1. The molecule has 143 heavy (non-hydrogen) atoms. The van der Waals surface area contributed by atoms with Gasteiger partial charge in [0, 0.05) is 44.2 Å². The minimum atomic E-state index is -1.90. The minimum absolute atomic E-state index is 0.000412. The van der Waals surface area contributed by atoms with E-state index in [1.54, 1.807) is 75.5 Å². The van der Waals surface area contributed by atoms with E-state index in [2.05, 4.69) is 116 Å². The Morgan fingerprint density at radius 3 is 1.15 bits per heavy atom. The number of nitrogens with zero attached hydrogens (tertiary/aromatic N) is 1. The molecule has 1 heterocycles. The predicted molar refractivity (Wildman–Crippen MR) is 520 cm³/mol. The van der Waals surface area contributed by atoms with E-state index in [1.165, 1.54) is 45.1 Å². The number of aromatic amines is 1. The fourth-order valence-electron chi connectivity index (χ4n) is 13.7. The number of aliphatic hydroxyl groups is 2. The van der Waals surface area contributed by atoms with Gasteiger partial charge in [-0.05, 0) is 140 Å². The number of guanidine groups is 2. The molecule has 1 aromatic rings. The molecule has 0 spiro atoms. The molecule has 21 amide bonds. The van der Waals surface area contributed by atoms with Gasteiger partial charge in [-0.15, -0.1) is 0 Å². The molecular formula is C87H152N30O25S. The van der Waals surface area contributed by atoms with Crippen LogP contribution in [-0.4, -0.2) is 321 Å². The van der Waals surface area contributed by atoms with Crippen molar-refractivity contribution < 1.29 is 121 Å². The monoisotopic (exact) mass is 2050 g/mol. The standard InChI is InChI=1S/C87H152N30O25S/c1-16-44(10)67(83(139)114-58(32-43(8)9)82(138)117-68(48(14)119)84(140)109-54(85(141)142)25-28-143-15)116-66(124)37-99-69(125)45(11)102-70(126)46(12)104-77(133)59(33-49-35-96-39-101-49)113-81(137)60(34-64(91)122)105-65(123)36-100-73(129)61(38-118)115-71(127)47(13)103-74(130)52(21-23-62(89)120)107-79(135)56(30-41(4)5)112-80(136)57(31-42(6)7)111-75(131)51(20-18-27-98-87(94)95)106-76(132)53(22-24-63(90)121)108-78(134)55(29-40(2)3)110-72(128)50(88)19-17-26-97-86(92)93/h35,39-48,50-61,67-68,118-119H,16-34,36-38,88H2,1-15H3,(H2,89,120)(H2,90,121)(H2,91,122)(H,96,101)(H,99,125)(H,100,129)(H,102,126)(H,103,130)(H,104,133)(H,105,123)(H,106,132)(H,107,135)(H,108,134)(H,109,140)(H,110,128)(H,111,131)(H,112,136)(H,113,137)(H,114,139)(H,115,127)(H,116,124)(H,117,138)(H,141,142)(H4,92,93,97)(H4,94,95,98)/t44-,45-,46-,47-,48+,50-,51-,52-,53-,54-,55-,56-,57-,58-,59-,60-,61-,67-,68-/m0/s1. The van der Waals surface area contributed by atoms with Crippen LogP contribution in [0.4, 0.5) is 0 Å². The Kier molecular flexibility index (Phi) is 58.9. The molecule has 806 valence electrons. The smallest absolute Gasteiger partial charge is 0.326 e. The van der Waals surface area contributed by atoms with Crippen molar-refractivity contribution in [2.75, 3.05) is 44.8 Å². The van der Waals surface area contributed by atoms with Gasteiger partial charge >= 0.3 is 5.97 Å². The maximum absolute atomic E-state index is 14.6. The van der Waals surface area contributed by atoms with E-state index in [1.807, 2.05) is 0 Å². The number of hydrogen-bond donors (Lipinski definition) is 32. The van der Waals surface area contributed by atoms with Crippen LogP contribution in [0.5, 0.6) is 0 Å². The Morgan fingerprint density at radius 1 is 0.385 bits per heavy atom. The summed E-state index contributed by atoms with van der Waals surface area (Å²) in [6, 6.07) is -25.8. The third-order valence-corrected chi connectivity index (χ3v) is 22.3. The number of aliphatic carboxylic acids is 1. The number of rotatable bonds is 70. The quantitative estimate of drug-likeness (QED) is 0.0164. The minimum Gasteiger partial charge on any atom is -0.480 e. The summed E-state index contributed by atoms with van der Waals surface area (Å²) in [6.07, 6.45) is -0.0971. The molecule has 0 aliphatic carbocycles. The fraction of sp³-hybridized carbons (Fsp3) is 0.690.